The quantitative estimate of drug-likeness (QED) is 0.333. The summed E-state index contributed by atoms with van der Waals surface area (Å²) < 4.78 is 13.4. The van der Waals surface area contributed by atoms with Crippen LogP contribution in [0.3, 0.4) is 0 Å². The molecule has 0 fully saturated rings. The third-order valence-corrected chi connectivity index (χ3v) is 3.40. The molecule has 0 heterocycles. The van der Waals surface area contributed by atoms with Crippen LogP contribution in [-0.4, -0.2) is 5.75 Å². The Morgan fingerprint density at radius 2 is 2.12 bits per heavy atom. The number of hydrogen-bond donors (Lipinski definition) is 1. The van der Waals surface area contributed by atoms with Gasteiger partial charge in [0.25, 0.3) is 0 Å². The van der Waals surface area contributed by atoms with Crippen LogP contribution in [0.5, 0.6) is 0 Å². The van der Waals surface area contributed by atoms with Crippen LogP contribution >= 0.6 is 11.8 Å². The number of allylic oxidation sites excluding steroid dienone is 1. The van der Waals surface area contributed by atoms with E-state index in [0.29, 0.717) is 10.6 Å². The number of nitrogen functional groups attached to an aromatic ring is 1. The SMILES string of the molecule is C=CCCCCCSc1ccc(N)cc1F. The lowest BCUT2D eigenvalue weighted by Gasteiger charge is -2.03. The number of benzene rings is 1. The zero-order valence-corrected chi connectivity index (χ0v) is 10.2. The van der Waals surface area contributed by atoms with Gasteiger partial charge in [-0.1, -0.05) is 12.5 Å². The first-order chi connectivity index (χ1) is 7.74. The highest BCUT2D eigenvalue weighted by Crippen LogP contribution is 2.24. The Labute approximate surface area is 101 Å². The summed E-state index contributed by atoms with van der Waals surface area (Å²) in [5.41, 5.74) is 5.96. The topological polar surface area (TPSA) is 26.0 Å². The maximum Gasteiger partial charge on any atom is 0.138 e. The molecule has 0 spiro atoms. The number of thioether (sulfide) groups is 1. The van der Waals surface area contributed by atoms with Crippen LogP contribution < -0.4 is 5.73 Å². The Balaban J connectivity index is 2.24. The van der Waals surface area contributed by atoms with Crippen LogP contribution in [0, 0.1) is 5.82 Å². The third kappa shape index (κ3) is 4.71. The van der Waals surface area contributed by atoms with Gasteiger partial charge in [-0.05, 0) is 43.2 Å². The van der Waals surface area contributed by atoms with E-state index in [1.165, 1.54) is 18.9 Å². The number of rotatable bonds is 7. The number of halogens is 1. The molecule has 1 nitrogen and oxygen atoms in total. The van der Waals surface area contributed by atoms with Crippen molar-refractivity contribution >= 4 is 17.4 Å². The highest BCUT2D eigenvalue weighted by molar-refractivity contribution is 7.99. The Kier molecular flexibility index (Phi) is 6.01. The van der Waals surface area contributed by atoms with Crippen molar-refractivity contribution in [3.63, 3.8) is 0 Å². The fourth-order valence-corrected chi connectivity index (χ4v) is 2.31. The van der Waals surface area contributed by atoms with E-state index in [1.54, 1.807) is 23.9 Å². The summed E-state index contributed by atoms with van der Waals surface area (Å²) in [5.74, 6) is 0.744. The second kappa shape index (κ2) is 7.34. The van der Waals surface area contributed by atoms with Gasteiger partial charge in [-0.2, -0.15) is 0 Å². The molecule has 0 aliphatic rings. The second-order valence-corrected chi connectivity index (χ2v) is 4.81. The largest absolute Gasteiger partial charge is 0.399 e. The van der Waals surface area contributed by atoms with Crippen molar-refractivity contribution in [2.75, 3.05) is 11.5 Å². The number of hydrogen-bond acceptors (Lipinski definition) is 2. The smallest absolute Gasteiger partial charge is 0.138 e. The summed E-state index contributed by atoms with van der Waals surface area (Å²) in [5, 5.41) is 0. The lowest BCUT2D eigenvalue weighted by Crippen LogP contribution is -1.89. The van der Waals surface area contributed by atoms with E-state index < -0.39 is 0 Å². The maximum atomic E-state index is 13.4. The van der Waals surface area contributed by atoms with Gasteiger partial charge in [0, 0.05) is 10.6 Å². The molecule has 1 rings (SSSR count). The van der Waals surface area contributed by atoms with E-state index in [4.69, 9.17) is 5.73 Å². The molecular weight excluding hydrogens is 221 g/mol. The molecule has 1 aromatic rings. The number of anilines is 1. The van der Waals surface area contributed by atoms with Crippen molar-refractivity contribution in [3.8, 4) is 0 Å². The first kappa shape index (κ1) is 13.1. The molecule has 2 N–H and O–H groups in total. The molecule has 0 bridgehead atoms. The molecule has 0 unspecified atom stereocenters. The van der Waals surface area contributed by atoms with Crippen molar-refractivity contribution in [3.05, 3.63) is 36.7 Å². The molecule has 0 saturated carbocycles. The van der Waals surface area contributed by atoms with Crippen molar-refractivity contribution < 1.29 is 4.39 Å². The normalized spacial score (nSPS) is 10.3. The molecule has 0 saturated heterocycles. The Morgan fingerprint density at radius 3 is 2.81 bits per heavy atom. The van der Waals surface area contributed by atoms with Crippen LogP contribution in [-0.2, 0) is 0 Å². The van der Waals surface area contributed by atoms with E-state index in [9.17, 15) is 4.39 Å². The molecule has 0 aliphatic heterocycles. The highest BCUT2D eigenvalue weighted by Gasteiger charge is 2.02. The molecule has 0 amide bonds. The molecule has 16 heavy (non-hydrogen) atoms. The van der Waals surface area contributed by atoms with Crippen molar-refractivity contribution in [2.45, 2.75) is 30.6 Å². The van der Waals surface area contributed by atoms with Crippen molar-refractivity contribution in [2.24, 2.45) is 0 Å². The number of nitrogens with two attached hydrogens (primary N) is 1. The van der Waals surface area contributed by atoms with Gasteiger partial charge < -0.3 is 5.73 Å². The Bertz CT molecular complexity index is 339. The summed E-state index contributed by atoms with van der Waals surface area (Å²) in [6.45, 7) is 3.68. The second-order valence-electron chi connectivity index (χ2n) is 3.68. The first-order valence-corrected chi connectivity index (χ1v) is 6.51. The third-order valence-electron chi connectivity index (χ3n) is 2.27. The van der Waals surface area contributed by atoms with Crippen molar-refractivity contribution in [1.82, 2.24) is 0 Å². The van der Waals surface area contributed by atoms with Gasteiger partial charge in [0.15, 0.2) is 0 Å². The van der Waals surface area contributed by atoms with E-state index in [-0.39, 0.29) is 5.82 Å². The summed E-state index contributed by atoms with van der Waals surface area (Å²) in [6.07, 6.45) is 6.47. The van der Waals surface area contributed by atoms with Crippen LogP contribution in [0.2, 0.25) is 0 Å². The molecule has 0 aliphatic carbocycles. The summed E-state index contributed by atoms with van der Waals surface area (Å²) in [6, 6.07) is 4.86. The zero-order valence-electron chi connectivity index (χ0n) is 9.42. The molecular formula is C13H18FNS. The van der Waals surface area contributed by atoms with Gasteiger partial charge in [0.1, 0.15) is 5.82 Å². The van der Waals surface area contributed by atoms with Gasteiger partial charge >= 0.3 is 0 Å². The molecule has 0 aromatic heterocycles. The number of unbranched alkanes of at least 4 members (excludes halogenated alkanes) is 3. The lowest BCUT2D eigenvalue weighted by molar-refractivity contribution is 0.602. The summed E-state index contributed by atoms with van der Waals surface area (Å²) >= 11 is 1.56. The predicted molar refractivity (Wildman–Crippen MR) is 70.2 cm³/mol. The monoisotopic (exact) mass is 239 g/mol. The van der Waals surface area contributed by atoms with Gasteiger partial charge in [-0.3, -0.25) is 0 Å². The van der Waals surface area contributed by atoms with Crippen LogP contribution in [0.15, 0.2) is 35.7 Å². The fraction of sp³-hybridized carbons (Fsp3) is 0.385. The molecule has 0 radical (unpaired) electrons. The van der Waals surface area contributed by atoms with Crippen LogP contribution in [0.1, 0.15) is 25.7 Å². The molecule has 1 aromatic carbocycles. The van der Waals surface area contributed by atoms with E-state index in [1.807, 2.05) is 6.08 Å². The summed E-state index contributed by atoms with van der Waals surface area (Å²) in [7, 11) is 0. The van der Waals surface area contributed by atoms with Gasteiger partial charge in [0.2, 0.25) is 0 Å². The molecule has 3 heteroatoms. The van der Waals surface area contributed by atoms with E-state index in [0.717, 1.165) is 18.6 Å². The van der Waals surface area contributed by atoms with E-state index >= 15 is 0 Å². The van der Waals surface area contributed by atoms with Gasteiger partial charge in [0.05, 0.1) is 0 Å². The molecule has 88 valence electrons. The van der Waals surface area contributed by atoms with Crippen LogP contribution in [0.25, 0.3) is 0 Å². The standard InChI is InChI=1S/C13H18FNS/c1-2-3-4-5-6-9-16-13-8-7-11(15)10-12(13)14/h2,7-8,10H,1,3-6,9,15H2. The van der Waals surface area contributed by atoms with E-state index in [2.05, 4.69) is 6.58 Å². The Hall–Kier alpha value is -0.960. The van der Waals surface area contributed by atoms with Crippen molar-refractivity contribution in [1.29, 1.82) is 0 Å². The average molecular weight is 239 g/mol. The average Bonchev–Trinajstić information content (AvgIpc) is 2.26. The first-order valence-electron chi connectivity index (χ1n) is 5.52. The molecule has 0 atom stereocenters. The minimum Gasteiger partial charge on any atom is -0.399 e. The predicted octanol–water partition coefficient (Wildman–Crippen LogP) is 4.25. The fourth-order valence-electron chi connectivity index (χ4n) is 1.38. The van der Waals surface area contributed by atoms with Gasteiger partial charge in [-0.25, -0.2) is 4.39 Å². The summed E-state index contributed by atoms with van der Waals surface area (Å²) in [4.78, 5) is 0.693. The minimum atomic E-state index is -0.212. The zero-order chi connectivity index (χ0) is 11.8. The lowest BCUT2D eigenvalue weighted by atomic mass is 10.2. The Morgan fingerprint density at radius 1 is 1.31 bits per heavy atom. The minimum absolute atomic E-state index is 0.212. The van der Waals surface area contributed by atoms with Gasteiger partial charge in [-0.15, -0.1) is 18.3 Å². The maximum absolute atomic E-state index is 13.4. The highest BCUT2D eigenvalue weighted by atomic mass is 32.2. The van der Waals surface area contributed by atoms with Crippen LogP contribution in [0.4, 0.5) is 10.1 Å².